The molecule has 0 aromatic heterocycles. The number of hydrogen-bond acceptors (Lipinski definition) is 3. The SMILES string of the molecule is CCOc1ccccc1Oc1ccc(C(=O)c2ccc(CC)cc2)cc1. The zero-order valence-corrected chi connectivity index (χ0v) is 15.1. The maximum absolute atomic E-state index is 12.6. The van der Waals surface area contributed by atoms with Gasteiger partial charge in [-0.2, -0.15) is 0 Å². The first-order valence-corrected chi connectivity index (χ1v) is 8.84. The van der Waals surface area contributed by atoms with Gasteiger partial charge in [-0.25, -0.2) is 0 Å². The van der Waals surface area contributed by atoms with Gasteiger partial charge in [0.25, 0.3) is 0 Å². The highest BCUT2D eigenvalue weighted by atomic mass is 16.5. The number of rotatable bonds is 7. The monoisotopic (exact) mass is 346 g/mol. The highest BCUT2D eigenvalue weighted by Gasteiger charge is 2.10. The van der Waals surface area contributed by atoms with Crippen LogP contribution in [0.3, 0.4) is 0 Å². The summed E-state index contributed by atoms with van der Waals surface area (Å²) in [5.74, 6) is 2.03. The first-order chi connectivity index (χ1) is 12.7. The quantitative estimate of drug-likeness (QED) is 0.517. The molecule has 26 heavy (non-hydrogen) atoms. The van der Waals surface area contributed by atoms with Crippen molar-refractivity contribution in [3.63, 3.8) is 0 Å². The number of benzene rings is 3. The summed E-state index contributed by atoms with van der Waals surface area (Å²) in [6.45, 7) is 4.61. The van der Waals surface area contributed by atoms with Crippen molar-refractivity contribution < 1.29 is 14.3 Å². The van der Waals surface area contributed by atoms with Gasteiger partial charge in [0.15, 0.2) is 17.3 Å². The van der Waals surface area contributed by atoms with Crippen LogP contribution < -0.4 is 9.47 Å². The number of para-hydroxylation sites is 2. The Morgan fingerprint density at radius 3 is 1.92 bits per heavy atom. The molecule has 0 heterocycles. The van der Waals surface area contributed by atoms with Gasteiger partial charge >= 0.3 is 0 Å². The summed E-state index contributed by atoms with van der Waals surface area (Å²) in [5.41, 5.74) is 2.55. The van der Waals surface area contributed by atoms with E-state index >= 15 is 0 Å². The molecule has 0 unspecified atom stereocenters. The third kappa shape index (κ3) is 4.12. The van der Waals surface area contributed by atoms with Crippen molar-refractivity contribution in [1.29, 1.82) is 0 Å². The van der Waals surface area contributed by atoms with E-state index in [0.717, 1.165) is 6.42 Å². The largest absolute Gasteiger partial charge is 0.490 e. The van der Waals surface area contributed by atoms with Gasteiger partial charge in [0.2, 0.25) is 0 Å². The molecule has 3 aromatic carbocycles. The summed E-state index contributed by atoms with van der Waals surface area (Å²) in [6.07, 6.45) is 0.962. The number of carbonyl (C=O) groups excluding carboxylic acids is 1. The van der Waals surface area contributed by atoms with Crippen LogP contribution in [-0.2, 0) is 6.42 Å². The Balaban J connectivity index is 1.75. The summed E-state index contributed by atoms with van der Waals surface area (Å²) >= 11 is 0. The summed E-state index contributed by atoms with van der Waals surface area (Å²) < 4.78 is 11.5. The van der Waals surface area contributed by atoms with Crippen LogP contribution in [0.25, 0.3) is 0 Å². The molecule has 132 valence electrons. The van der Waals surface area contributed by atoms with Crippen LogP contribution in [0.5, 0.6) is 17.2 Å². The molecule has 0 spiro atoms. The second kappa shape index (κ2) is 8.34. The van der Waals surface area contributed by atoms with E-state index in [4.69, 9.17) is 9.47 Å². The van der Waals surface area contributed by atoms with Crippen molar-refractivity contribution in [2.24, 2.45) is 0 Å². The zero-order valence-electron chi connectivity index (χ0n) is 15.1. The molecular formula is C23H22O3. The fourth-order valence-corrected chi connectivity index (χ4v) is 2.67. The lowest BCUT2D eigenvalue weighted by molar-refractivity contribution is 0.103. The van der Waals surface area contributed by atoms with Gasteiger partial charge in [-0.1, -0.05) is 43.3 Å². The first kappa shape index (κ1) is 17.7. The Bertz CT molecular complexity index is 865. The molecule has 0 atom stereocenters. The molecular weight excluding hydrogens is 324 g/mol. The van der Waals surface area contributed by atoms with E-state index in [1.807, 2.05) is 55.5 Å². The van der Waals surface area contributed by atoms with Crippen LogP contribution >= 0.6 is 0 Å². The number of aryl methyl sites for hydroxylation is 1. The lowest BCUT2D eigenvalue weighted by atomic mass is 10.0. The van der Waals surface area contributed by atoms with E-state index < -0.39 is 0 Å². The van der Waals surface area contributed by atoms with E-state index in [9.17, 15) is 4.79 Å². The molecule has 0 saturated carbocycles. The van der Waals surface area contributed by atoms with Gasteiger partial charge in [-0.05, 0) is 55.3 Å². The molecule has 0 aliphatic rings. The second-order valence-electron chi connectivity index (χ2n) is 5.89. The Hall–Kier alpha value is -3.07. The predicted molar refractivity (Wildman–Crippen MR) is 103 cm³/mol. The highest BCUT2D eigenvalue weighted by molar-refractivity contribution is 6.09. The van der Waals surface area contributed by atoms with E-state index in [1.165, 1.54) is 5.56 Å². The molecule has 0 aliphatic carbocycles. The fraction of sp³-hybridized carbons (Fsp3) is 0.174. The molecule has 3 heteroatoms. The van der Waals surface area contributed by atoms with Gasteiger partial charge < -0.3 is 9.47 Å². The molecule has 0 N–H and O–H groups in total. The topological polar surface area (TPSA) is 35.5 Å². The van der Waals surface area contributed by atoms with Gasteiger partial charge in [-0.15, -0.1) is 0 Å². The summed E-state index contributed by atoms with van der Waals surface area (Å²) in [5, 5.41) is 0. The van der Waals surface area contributed by atoms with Gasteiger partial charge in [0.1, 0.15) is 5.75 Å². The summed E-state index contributed by atoms with van der Waals surface area (Å²) in [7, 11) is 0. The van der Waals surface area contributed by atoms with Crippen molar-refractivity contribution >= 4 is 5.78 Å². The van der Waals surface area contributed by atoms with Crippen molar-refractivity contribution in [3.8, 4) is 17.2 Å². The van der Waals surface area contributed by atoms with Crippen LogP contribution in [0, 0.1) is 0 Å². The standard InChI is InChI=1S/C23H22O3/c1-3-17-9-11-18(12-10-17)23(24)19-13-15-20(16-14-19)26-22-8-6-5-7-21(22)25-4-2/h5-16H,3-4H2,1-2H3. The molecule has 3 rings (SSSR count). The van der Waals surface area contributed by atoms with Crippen LogP contribution in [0.2, 0.25) is 0 Å². The minimum absolute atomic E-state index is 0.00826. The molecule has 0 saturated heterocycles. The summed E-state index contributed by atoms with van der Waals surface area (Å²) in [6, 6.07) is 22.5. The third-order valence-corrected chi connectivity index (χ3v) is 4.12. The highest BCUT2D eigenvalue weighted by Crippen LogP contribution is 2.31. The number of ether oxygens (including phenoxy) is 2. The predicted octanol–water partition coefficient (Wildman–Crippen LogP) is 5.67. The molecule has 0 bridgehead atoms. The van der Waals surface area contributed by atoms with Gasteiger partial charge in [-0.3, -0.25) is 4.79 Å². The third-order valence-electron chi connectivity index (χ3n) is 4.12. The smallest absolute Gasteiger partial charge is 0.193 e. The Labute approximate surface area is 154 Å². The van der Waals surface area contributed by atoms with Crippen molar-refractivity contribution in [2.45, 2.75) is 20.3 Å². The molecule has 0 aliphatic heterocycles. The first-order valence-electron chi connectivity index (χ1n) is 8.84. The summed E-state index contributed by atoms with van der Waals surface area (Å²) in [4.78, 5) is 12.6. The molecule has 3 nitrogen and oxygen atoms in total. The number of hydrogen-bond donors (Lipinski definition) is 0. The molecule has 3 aromatic rings. The van der Waals surface area contributed by atoms with Crippen LogP contribution in [-0.4, -0.2) is 12.4 Å². The van der Waals surface area contributed by atoms with E-state index in [2.05, 4.69) is 6.92 Å². The lowest BCUT2D eigenvalue weighted by Crippen LogP contribution is -2.01. The molecule has 0 amide bonds. The normalized spacial score (nSPS) is 10.4. The Morgan fingerprint density at radius 2 is 1.35 bits per heavy atom. The molecule has 0 radical (unpaired) electrons. The van der Waals surface area contributed by atoms with Crippen molar-refractivity contribution in [2.75, 3.05) is 6.61 Å². The minimum atomic E-state index is 0.00826. The average Bonchev–Trinajstić information content (AvgIpc) is 2.70. The Kier molecular flexibility index (Phi) is 5.69. The van der Waals surface area contributed by atoms with Crippen molar-refractivity contribution in [3.05, 3.63) is 89.5 Å². The van der Waals surface area contributed by atoms with E-state index in [-0.39, 0.29) is 5.78 Å². The van der Waals surface area contributed by atoms with Gasteiger partial charge in [0.05, 0.1) is 6.61 Å². The van der Waals surface area contributed by atoms with Crippen LogP contribution in [0.4, 0.5) is 0 Å². The van der Waals surface area contributed by atoms with Crippen molar-refractivity contribution in [1.82, 2.24) is 0 Å². The van der Waals surface area contributed by atoms with Gasteiger partial charge in [0, 0.05) is 11.1 Å². The van der Waals surface area contributed by atoms with Crippen LogP contribution in [0.1, 0.15) is 35.3 Å². The minimum Gasteiger partial charge on any atom is -0.490 e. The number of ketones is 1. The molecule has 0 fully saturated rings. The zero-order chi connectivity index (χ0) is 18.4. The average molecular weight is 346 g/mol. The number of carbonyl (C=O) groups is 1. The maximum Gasteiger partial charge on any atom is 0.193 e. The second-order valence-corrected chi connectivity index (χ2v) is 5.89. The lowest BCUT2D eigenvalue weighted by Gasteiger charge is -2.11. The van der Waals surface area contributed by atoms with E-state index in [1.54, 1.807) is 24.3 Å². The van der Waals surface area contributed by atoms with Crippen LogP contribution in [0.15, 0.2) is 72.8 Å². The fourth-order valence-electron chi connectivity index (χ4n) is 2.67. The Morgan fingerprint density at radius 1 is 0.769 bits per heavy atom. The van der Waals surface area contributed by atoms with E-state index in [0.29, 0.717) is 35.0 Å². The maximum atomic E-state index is 12.6.